The molecule has 0 saturated carbocycles. The molecule has 0 aromatic rings. The number of hydrogen-bond donors (Lipinski definition) is 1. The molecule has 0 radical (unpaired) electrons. The van der Waals surface area contributed by atoms with Crippen molar-refractivity contribution >= 4 is 0 Å². The van der Waals surface area contributed by atoms with Crippen LogP contribution in [0.5, 0.6) is 0 Å². The van der Waals surface area contributed by atoms with Crippen molar-refractivity contribution in [2.24, 2.45) is 11.8 Å². The average Bonchev–Trinajstić information content (AvgIpc) is 2.37. The lowest BCUT2D eigenvalue weighted by Crippen LogP contribution is -2.24. The van der Waals surface area contributed by atoms with Crippen molar-refractivity contribution < 1.29 is 5.11 Å². The molecule has 1 nitrogen and oxygen atoms in total. The summed E-state index contributed by atoms with van der Waals surface area (Å²) in [6.45, 7) is 11.1. The van der Waals surface area contributed by atoms with Gasteiger partial charge in [-0.2, -0.15) is 0 Å². The fraction of sp³-hybridized carbons (Fsp3) is 0.700. The molecular weight excluding hydrogens is 256 g/mol. The molecule has 0 fully saturated rings. The molecule has 0 aromatic heterocycles. The molecule has 0 spiro atoms. The predicted molar refractivity (Wildman–Crippen MR) is 93.3 cm³/mol. The highest BCUT2D eigenvalue weighted by Gasteiger charge is 2.20. The Balaban J connectivity index is 2.88. The van der Waals surface area contributed by atoms with E-state index >= 15 is 0 Å². The van der Waals surface area contributed by atoms with Crippen LogP contribution in [0, 0.1) is 11.8 Å². The van der Waals surface area contributed by atoms with E-state index in [9.17, 15) is 5.11 Å². The maximum Gasteiger partial charge on any atom is 0.0754 e. The number of aliphatic hydroxyl groups excluding tert-OH is 1. The topological polar surface area (TPSA) is 20.2 Å². The minimum absolute atomic E-state index is 0.300. The first-order valence-electron chi connectivity index (χ1n) is 8.56. The summed E-state index contributed by atoms with van der Waals surface area (Å²) in [6.07, 6.45) is 13.2. The van der Waals surface area contributed by atoms with Gasteiger partial charge < -0.3 is 5.11 Å². The number of rotatable bonds is 1. The Morgan fingerprint density at radius 1 is 0.905 bits per heavy atom. The van der Waals surface area contributed by atoms with Crippen molar-refractivity contribution in [1.82, 2.24) is 0 Å². The smallest absolute Gasteiger partial charge is 0.0754 e. The van der Waals surface area contributed by atoms with Crippen LogP contribution in [0.2, 0.25) is 0 Å². The van der Waals surface area contributed by atoms with Gasteiger partial charge in [-0.15, -0.1) is 0 Å². The average molecular weight is 290 g/mol. The summed E-state index contributed by atoms with van der Waals surface area (Å²) in [7, 11) is 0. The fourth-order valence-corrected chi connectivity index (χ4v) is 3.09. The van der Waals surface area contributed by atoms with Crippen LogP contribution in [0.1, 0.15) is 73.1 Å². The molecule has 21 heavy (non-hydrogen) atoms. The van der Waals surface area contributed by atoms with Crippen LogP contribution in [0.4, 0.5) is 0 Å². The van der Waals surface area contributed by atoms with E-state index in [0.29, 0.717) is 11.8 Å². The molecule has 0 heterocycles. The summed E-state index contributed by atoms with van der Waals surface area (Å²) < 4.78 is 0. The zero-order chi connectivity index (χ0) is 15.8. The largest absolute Gasteiger partial charge is 0.389 e. The van der Waals surface area contributed by atoms with Crippen LogP contribution >= 0.6 is 0 Å². The van der Waals surface area contributed by atoms with E-state index < -0.39 is 0 Å². The second-order valence-electron chi connectivity index (χ2n) is 7.13. The number of aliphatic hydroxyl groups is 1. The van der Waals surface area contributed by atoms with Crippen molar-refractivity contribution in [2.75, 3.05) is 0 Å². The lowest BCUT2D eigenvalue weighted by atomic mass is 9.84. The molecule has 0 aliphatic heterocycles. The van der Waals surface area contributed by atoms with Gasteiger partial charge in [-0.3, -0.25) is 0 Å². The maximum absolute atomic E-state index is 10.5. The molecule has 0 saturated heterocycles. The summed E-state index contributed by atoms with van der Waals surface area (Å²) in [5.74, 6) is 0.885. The van der Waals surface area contributed by atoms with Crippen molar-refractivity contribution in [3.63, 3.8) is 0 Å². The highest BCUT2D eigenvalue weighted by atomic mass is 16.3. The molecule has 0 bridgehead atoms. The normalized spacial score (nSPS) is 29.2. The molecule has 0 amide bonds. The highest BCUT2D eigenvalue weighted by molar-refractivity contribution is 5.09. The van der Waals surface area contributed by atoms with Crippen molar-refractivity contribution in [3.8, 4) is 0 Å². The summed E-state index contributed by atoms with van der Waals surface area (Å²) >= 11 is 0. The lowest BCUT2D eigenvalue weighted by Gasteiger charge is -2.25. The summed E-state index contributed by atoms with van der Waals surface area (Å²) in [5, 5.41) is 10.5. The summed E-state index contributed by atoms with van der Waals surface area (Å²) in [6, 6.07) is 0. The van der Waals surface area contributed by atoms with E-state index in [4.69, 9.17) is 0 Å². The maximum atomic E-state index is 10.5. The Kier molecular flexibility index (Phi) is 8.03. The molecule has 1 rings (SSSR count). The first kappa shape index (κ1) is 18.2. The van der Waals surface area contributed by atoms with E-state index in [-0.39, 0.29) is 6.10 Å². The van der Waals surface area contributed by atoms with Gasteiger partial charge in [-0.1, -0.05) is 48.8 Å². The molecular formula is C20H34O. The van der Waals surface area contributed by atoms with Gasteiger partial charge in [-0.05, 0) is 71.1 Å². The monoisotopic (exact) mass is 290 g/mol. The van der Waals surface area contributed by atoms with Crippen LogP contribution in [0.25, 0.3) is 0 Å². The predicted octanol–water partition coefficient (Wildman–Crippen LogP) is 5.81. The SMILES string of the molecule is CC1=C[C@@H](O)[C@H](C(C)C)CC/C(C)=C/CCC(C)=CCC1. The van der Waals surface area contributed by atoms with Gasteiger partial charge in [0.1, 0.15) is 0 Å². The van der Waals surface area contributed by atoms with Gasteiger partial charge in [0.2, 0.25) is 0 Å². The van der Waals surface area contributed by atoms with Gasteiger partial charge in [0.05, 0.1) is 6.10 Å². The van der Waals surface area contributed by atoms with Crippen molar-refractivity contribution in [1.29, 1.82) is 0 Å². The minimum atomic E-state index is -0.300. The number of hydrogen-bond acceptors (Lipinski definition) is 1. The van der Waals surface area contributed by atoms with Crippen molar-refractivity contribution in [2.45, 2.75) is 79.2 Å². The molecule has 1 N–H and O–H groups in total. The quantitative estimate of drug-likeness (QED) is 0.604. The van der Waals surface area contributed by atoms with E-state index in [1.165, 1.54) is 23.1 Å². The Bertz CT molecular complexity index is 398. The van der Waals surface area contributed by atoms with Crippen LogP contribution in [-0.2, 0) is 0 Å². The van der Waals surface area contributed by atoms with Crippen LogP contribution in [-0.4, -0.2) is 11.2 Å². The molecule has 2 atom stereocenters. The van der Waals surface area contributed by atoms with Crippen molar-refractivity contribution in [3.05, 3.63) is 34.9 Å². The minimum Gasteiger partial charge on any atom is -0.389 e. The van der Waals surface area contributed by atoms with Gasteiger partial charge in [0.25, 0.3) is 0 Å². The van der Waals surface area contributed by atoms with Crippen LogP contribution < -0.4 is 0 Å². The number of allylic oxidation sites excluding steroid dienone is 5. The Hall–Kier alpha value is -0.820. The fourth-order valence-electron chi connectivity index (χ4n) is 3.09. The van der Waals surface area contributed by atoms with Gasteiger partial charge in [0.15, 0.2) is 0 Å². The second-order valence-corrected chi connectivity index (χ2v) is 7.13. The third kappa shape index (κ3) is 7.13. The van der Waals surface area contributed by atoms with Crippen LogP contribution in [0.3, 0.4) is 0 Å². The van der Waals surface area contributed by atoms with Crippen LogP contribution in [0.15, 0.2) is 34.9 Å². The molecule has 1 heteroatoms. The zero-order valence-electron chi connectivity index (χ0n) is 14.7. The van der Waals surface area contributed by atoms with E-state index in [0.717, 1.165) is 32.1 Å². The van der Waals surface area contributed by atoms with Gasteiger partial charge >= 0.3 is 0 Å². The summed E-state index contributed by atoms with van der Waals surface area (Å²) in [4.78, 5) is 0. The van der Waals surface area contributed by atoms with E-state index in [1.807, 2.05) is 0 Å². The summed E-state index contributed by atoms with van der Waals surface area (Å²) in [5.41, 5.74) is 4.28. The first-order chi connectivity index (χ1) is 9.90. The standard InChI is InChI=1S/C20H34O/c1-15(2)19-13-12-17(4)10-6-8-16(3)9-7-11-18(5)14-20(19)21/h9-10,14-15,19-21H,6-8,11-13H2,1-5H3/b16-9?,17-10+,18-14?/t19-,20+/m0/s1. The van der Waals surface area contributed by atoms with E-state index in [1.54, 1.807) is 0 Å². The van der Waals surface area contributed by atoms with E-state index in [2.05, 4.69) is 52.8 Å². The zero-order valence-corrected chi connectivity index (χ0v) is 14.7. The highest BCUT2D eigenvalue weighted by Crippen LogP contribution is 2.26. The molecule has 0 aromatic carbocycles. The third-order valence-electron chi connectivity index (χ3n) is 4.69. The first-order valence-corrected chi connectivity index (χ1v) is 8.56. The molecule has 0 unspecified atom stereocenters. The molecule has 120 valence electrons. The third-order valence-corrected chi connectivity index (χ3v) is 4.69. The Morgan fingerprint density at radius 2 is 1.43 bits per heavy atom. The lowest BCUT2D eigenvalue weighted by molar-refractivity contribution is 0.115. The Labute approximate surface area is 131 Å². The Morgan fingerprint density at radius 3 is 2.00 bits per heavy atom. The van der Waals surface area contributed by atoms with Gasteiger partial charge in [-0.25, -0.2) is 0 Å². The molecule has 1 aliphatic carbocycles. The second kappa shape index (κ2) is 9.25. The molecule has 1 aliphatic rings. The van der Waals surface area contributed by atoms with Gasteiger partial charge in [0, 0.05) is 0 Å².